The van der Waals surface area contributed by atoms with Gasteiger partial charge in [-0.1, -0.05) is 0 Å². The molecule has 17 heavy (non-hydrogen) atoms. The minimum atomic E-state index is -0.229. The monoisotopic (exact) mass is 252 g/mol. The molecule has 92 valence electrons. The van der Waals surface area contributed by atoms with Crippen LogP contribution in [0.25, 0.3) is 0 Å². The van der Waals surface area contributed by atoms with Crippen LogP contribution in [-0.4, -0.2) is 22.6 Å². The zero-order valence-electron chi connectivity index (χ0n) is 9.95. The maximum atomic E-state index is 12.8. The Morgan fingerprint density at radius 3 is 2.71 bits per heavy atom. The predicted molar refractivity (Wildman–Crippen MR) is 72.6 cm³/mol. The zero-order valence-corrected chi connectivity index (χ0v) is 10.8. The van der Waals surface area contributed by atoms with Crippen LogP contribution in [0.2, 0.25) is 0 Å². The fraction of sp³-hybridized carbons (Fsp3) is 0.462. The molecule has 0 bridgehead atoms. The second-order valence-corrected chi connectivity index (χ2v) is 4.86. The molecule has 1 atom stereocenters. The SMILES string of the molecule is C[C@H]1CCCCN1C(=S)Nc1ccc(F)cc1. The summed E-state index contributed by atoms with van der Waals surface area (Å²) in [5, 5.41) is 3.90. The van der Waals surface area contributed by atoms with Gasteiger partial charge in [0.15, 0.2) is 5.11 Å². The van der Waals surface area contributed by atoms with E-state index in [1.165, 1.54) is 31.4 Å². The molecule has 1 aliphatic rings. The summed E-state index contributed by atoms with van der Waals surface area (Å²) in [6, 6.07) is 6.77. The minimum absolute atomic E-state index is 0.229. The van der Waals surface area contributed by atoms with E-state index in [-0.39, 0.29) is 5.82 Å². The highest BCUT2D eigenvalue weighted by Gasteiger charge is 2.20. The van der Waals surface area contributed by atoms with Crippen molar-refractivity contribution in [3.63, 3.8) is 0 Å². The molecule has 2 rings (SSSR count). The zero-order chi connectivity index (χ0) is 12.3. The number of halogens is 1. The Labute approximate surface area is 107 Å². The van der Waals surface area contributed by atoms with Crippen LogP contribution in [-0.2, 0) is 0 Å². The topological polar surface area (TPSA) is 15.3 Å². The molecule has 1 fully saturated rings. The molecular weight excluding hydrogens is 235 g/mol. The molecule has 0 unspecified atom stereocenters. The number of rotatable bonds is 1. The second-order valence-electron chi connectivity index (χ2n) is 4.48. The van der Waals surface area contributed by atoms with E-state index in [2.05, 4.69) is 17.1 Å². The van der Waals surface area contributed by atoms with E-state index in [1.807, 2.05) is 0 Å². The van der Waals surface area contributed by atoms with Crippen LogP contribution in [0, 0.1) is 5.82 Å². The van der Waals surface area contributed by atoms with Crippen molar-refractivity contribution in [3.05, 3.63) is 30.1 Å². The summed E-state index contributed by atoms with van der Waals surface area (Å²) in [6.07, 6.45) is 3.65. The Kier molecular flexibility index (Phi) is 3.94. The molecule has 2 nitrogen and oxygen atoms in total. The van der Waals surface area contributed by atoms with Gasteiger partial charge in [0.1, 0.15) is 5.82 Å². The molecule has 0 aromatic heterocycles. The predicted octanol–water partition coefficient (Wildman–Crippen LogP) is 3.40. The van der Waals surface area contributed by atoms with Gasteiger partial charge in [-0.15, -0.1) is 0 Å². The van der Waals surface area contributed by atoms with Gasteiger partial charge < -0.3 is 10.2 Å². The maximum Gasteiger partial charge on any atom is 0.173 e. The number of anilines is 1. The average molecular weight is 252 g/mol. The highest BCUT2D eigenvalue weighted by Crippen LogP contribution is 2.18. The van der Waals surface area contributed by atoms with Crippen molar-refractivity contribution in [2.24, 2.45) is 0 Å². The van der Waals surface area contributed by atoms with Crippen molar-refractivity contribution in [1.82, 2.24) is 4.90 Å². The van der Waals surface area contributed by atoms with Gasteiger partial charge >= 0.3 is 0 Å². The normalized spacial score (nSPS) is 20.1. The second kappa shape index (κ2) is 5.45. The van der Waals surface area contributed by atoms with Gasteiger partial charge in [-0.2, -0.15) is 0 Å². The number of piperidine rings is 1. The number of benzene rings is 1. The third kappa shape index (κ3) is 3.16. The Balaban J connectivity index is 1.98. The van der Waals surface area contributed by atoms with E-state index in [0.29, 0.717) is 6.04 Å². The highest BCUT2D eigenvalue weighted by molar-refractivity contribution is 7.80. The number of hydrogen-bond acceptors (Lipinski definition) is 1. The summed E-state index contributed by atoms with van der Waals surface area (Å²) in [5.74, 6) is -0.229. The first kappa shape index (κ1) is 12.3. The summed E-state index contributed by atoms with van der Waals surface area (Å²) in [7, 11) is 0. The van der Waals surface area contributed by atoms with Crippen LogP contribution in [0.4, 0.5) is 10.1 Å². The largest absolute Gasteiger partial charge is 0.346 e. The van der Waals surface area contributed by atoms with Crippen molar-refractivity contribution in [2.45, 2.75) is 32.2 Å². The fourth-order valence-corrected chi connectivity index (χ4v) is 2.52. The van der Waals surface area contributed by atoms with Gasteiger partial charge in [0.2, 0.25) is 0 Å². The van der Waals surface area contributed by atoms with Gasteiger partial charge in [0.05, 0.1) is 0 Å². The molecule has 1 saturated heterocycles. The van der Waals surface area contributed by atoms with Crippen LogP contribution < -0.4 is 5.32 Å². The first-order chi connectivity index (χ1) is 8.16. The number of nitrogens with zero attached hydrogens (tertiary/aromatic N) is 1. The number of thiocarbonyl (C=S) groups is 1. The van der Waals surface area contributed by atoms with Crippen molar-refractivity contribution in [1.29, 1.82) is 0 Å². The van der Waals surface area contributed by atoms with Crippen LogP contribution >= 0.6 is 12.2 Å². The van der Waals surface area contributed by atoms with Gasteiger partial charge in [0.25, 0.3) is 0 Å². The third-order valence-corrected chi connectivity index (χ3v) is 3.50. The standard InChI is InChI=1S/C13H17FN2S/c1-10-4-2-3-9-16(10)13(17)15-12-7-5-11(14)6-8-12/h5-8,10H,2-4,9H2,1H3,(H,15,17)/t10-/m0/s1. The summed E-state index contributed by atoms with van der Waals surface area (Å²) >= 11 is 5.39. The molecule has 0 amide bonds. The Morgan fingerprint density at radius 1 is 1.35 bits per heavy atom. The molecule has 0 aliphatic carbocycles. The molecule has 1 N–H and O–H groups in total. The van der Waals surface area contributed by atoms with Crippen molar-refractivity contribution in [2.75, 3.05) is 11.9 Å². The molecule has 0 saturated carbocycles. The highest BCUT2D eigenvalue weighted by atomic mass is 32.1. The van der Waals surface area contributed by atoms with Crippen LogP contribution in [0.5, 0.6) is 0 Å². The minimum Gasteiger partial charge on any atom is -0.346 e. The lowest BCUT2D eigenvalue weighted by molar-refractivity contribution is 0.262. The lowest BCUT2D eigenvalue weighted by Crippen LogP contribution is -2.44. The smallest absolute Gasteiger partial charge is 0.173 e. The van der Waals surface area contributed by atoms with Crippen molar-refractivity contribution < 1.29 is 4.39 Å². The van der Waals surface area contributed by atoms with Gasteiger partial charge in [0, 0.05) is 18.3 Å². The Morgan fingerprint density at radius 2 is 2.06 bits per heavy atom. The molecule has 1 heterocycles. The summed E-state index contributed by atoms with van der Waals surface area (Å²) in [6.45, 7) is 3.20. The molecular formula is C13H17FN2S. The van der Waals surface area contributed by atoms with Gasteiger partial charge in [-0.05, 0) is 62.7 Å². The summed E-state index contributed by atoms with van der Waals surface area (Å²) in [5.41, 5.74) is 0.842. The fourth-order valence-electron chi connectivity index (χ4n) is 2.13. The van der Waals surface area contributed by atoms with Crippen LogP contribution in [0.1, 0.15) is 26.2 Å². The van der Waals surface area contributed by atoms with E-state index in [9.17, 15) is 4.39 Å². The number of nitrogens with one attached hydrogen (secondary N) is 1. The first-order valence-electron chi connectivity index (χ1n) is 6.00. The maximum absolute atomic E-state index is 12.8. The molecule has 0 spiro atoms. The van der Waals surface area contributed by atoms with E-state index in [0.717, 1.165) is 17.3 Å². The third-order valence-electron chi connectivity index (χ3n) is 3.16. The van der Waals surface area contributed by atoms with Crippen LogP contribution in [0.15, 0.2) is 24.3 Å². The number of hydrogen-bond donors (Lipinski definition) is 1. The quantitative estimate of drug-likeness (QED) is 0.771. The lowest BCUT2D eigenvalue weighted by Gasteiger charge is -2.35. The molecule has 4 heteroatoms. The van der Waals surface area contributed by atoms with E-state index in [4.69, 9.17) is 12.2 Å². The van der Waals surface area contributed by atoms with Crippen molar-refractivity contribution in [3.8, 4) is 0 Å². The average Bonchev–Trinajstić information content (AvgIpc) is 2.32. The first-order valence-corrected chi connectivity index (χ1v) is 6.41. The van der Waals surface area contributed by atoms with Crippen LogP contribution in [0.3, 0.4) is 0 Å². The summed E-state index contributed by atoms with van der Waals surface area (Å²) < 4.78 is 12.8. The van der Waals surface area contributed by atoms with Gasteiger partial charge in [-0.25, -0.2) is 4.39 Å². The van der Waals surface area contributed by atoms with E-state index < -0.39 is 0 Å². The molecule has 1 aliphatic heterocycles. The van der Waals surface area contributed by atoms with E-state index in [1.54, 1.807) is 12.1 Å². The number of likely N-dealkylation sites (tertiary alicyclic amines) is 1. The molecule has 1 aromatic rings. The Bertz CT molecular complexity index is 391. The Hall–Kier alpha value is -1.16. The lowest BCUT2D eigenvalue weighted by atomic mass is 10.0. The van der Waals surface area contributed by atoms with Crippen molar-refractivity contribution >= 4 is 23.0 Å². The van der Waals surface area contributed by atoms with E-state index >= 15 is 0 Å². The molecule has 0 radical (unpaired) electrons. The van der Waals surface area contributed by atoms with Gasteiger partial charge in [-0.3, -0.25) is 0 Å². The molecule has 1 aromatic carbocycles. The summed E-state index contributed by atoms with van der Waals surface area (Å²) in [4.78, 5) is 2.21.